The molecule has 0 aromatic carbocycles. The van der Waals surface area contributed by atoms with Crippen molar-refractivity contribution in [2.75, 3.05) is 13.6 Å². The Balaban J connectivity index is 2.12. The maximum absolute atomic E-state index is 11.5. The lowest BCUT2D eigenvalue weighted by molar-refractivity contribution is -0.125. The van der Waals surface area contributed by atoms with Gasteiger partial charge in [0.2, 0.25) is 0 Å². The monoisotopic (exact) mass is 222 g/mol. The van der Waals surface area contributed by atoms with Gasteiger partial charge in [-0.1, -0.05) is 0 Å². The number of amides is 3. The lowest BCUT2D eigenvalue weighted by atomic mass is 10.4. The highest BCUT2D eigenvalue weighted by molar-refractivity contribution is 6.01. The second-order valence-corrected chi connectivity index (χ2v) is 3.54. The topological polar surface area (TPSA) is 70.8 Å². The number of hydrogen-bond donors (Lipinski definition) is 0. The Kier molecular flexibility index (Phi) is 2.47. The van der Waals surface area contributed by atoms with E-state index in [1.807, 2.05) is 0 Å². The van der Waals surface area contributed by atoms with Crippen LogP contribution in [0.25, 0.3) is 0 Å². The number of furan rings is 1. The number of nitrogens with zero attached hydrogens (tertiary/aromatic N) is 2. The van der Waals surface area contributed by atoms with Gasteiger partial charge in [-0.05, 0) is 12.1 Å². The number of imide groups is 1. The summed E-state index contributed by atoms with van der Waals surface area (Å²) >= 11 is 0. The van der Waals surface area contributed by atoms with Crippen molar-refractivity contribution >= 4 is 18.2 Å². The number of urea groups is 1. The van der Waals surface area contributed by atoms with Crippen molar-refractivity contribution in [3.05, 3.63) is 23.7 Å². The van der Waals surface area contributed by atoms with Gasteiger partial charge in [0.1, 0.15) is 12.3 Å². The van der Waals surface area contributed by atoms with Gasteiger partial charge in [0, 0.05) is 7.05 Å². The second-order valence-electron chi connectivity index (χ2n) is 3.54. The predicted octanol–water partition coefficient (Wildman–Crippen LogP) is 0.486. The smallest absolute Gasteiger partial charge is 0.327 e. The fourth-order valence-corrected chi connectivity index (χ4v) is 1.52. The summed E-state index contributed by atoms with van der Waals surface area (Å²) in [7, 11) is 1.55. The van der Waals surface area contributed by atoms with Gasteiger partial charge in [-0.25, -0.2) is 4.79 Å². The van der Waals surface area contributed by atoms with Gasteiger partial charge in [-0.3, -0.25) is 14.5 Å². The Morgan fingerprint density at radius 2 is 2.19 bits per heavy atom. The van der Waals surface area contributed by atoms with Gasteiger partial charge in [0.25, 0.3) is 5.91 Å². The first kappa shape index (κ1) is 10.4. The van der Waals surface area contributed by atoms with E-state index in [-0.39, 0.29) is 30.8 Å². The molecule has 1 aliphatic rings. The molecule has 0 N–H and O–H groups in total. The van der Waals surface area contributed by atoms with Crippen LogP contribution in [0, 0.1) is 0 Å². The summed E-state index contributed by atoms with van der Waals surface area (Å²) in [5.74, 6) is 0.332. The lowest BCUT2D eigenvalue weighted by Gasteiger charge is -2.11. The number of hydrogen-bond acceptors (Lipinski definition) is 4. The third-order valence-corrected chi connectivity index (χ3v) is 2.34. The van der Waals surface area contributed by atoms with Crippen LogP contribution in [-0.4, -0.2) is 41.6 Å². The molecule has 84 valence electrons. The highest BCUT2D eigenvalue weighted by Crippen LogP contribution is 2.14. The van der Waals surface area contributed by atoms with Gasteiger partial charge >= 0.3 is 6.03 Å². The van der Waals surface area contributed by atoms with E-state index in [1.165, 1.54) is 11.0 Å². The zero-order valence-corrected chi connectivity index (χ0v) is 8.67. The molecule has 0 spiro atoms. The molecular weight excluding hydrogens is 212 g/mol. The average Bonchev–Trinajstić information content (AvgIpc) is 2.80. The molecule has 0 atom stereocenters. The minimum Gasteiger partial charge on any atom is -0.456 e. The van der Waals surface area contributed by atoms with Crippen molar-refractivity contribution < 1.29 is 18.8 Å². The minimum absolute atomic E-state index is 0.0653. The third kappa shape index (κ3) is 1.69. The first-order chi connectivity index (χ1) is 7.61. The minimum atomic E-state index is -0.353. The van der Waals surface area contributed by atoms with Crippen molar-refractivity contribution in [2.24, 2.45) is 0 Å². The molecule has 0 bridgehead atoms. The summed E-state index contributed by atoms with van der Waals surface area (Å²) in [5, 5.41) is 0. The summed E-state index contributed by atoms with van der Waals surface area (Å²) in [6.45, 7) is 0.149. The van der Waals surface area contributed by atoms with E-state index in [2.05, 4.69) is 0 Å². The van der Waals surface area contributed by atoms with E-state index in [4.69, 9.17) is 4.42 Å². The number of rotatable bonds is 3. The maximum Gasteiger partial charge on any atom is 0.327 e. The second kappa shape index (κ2) is 3.80. The van der Waals surface area contributed by atoms with Crippen LogP contribution < -0.4 is 0 Å². The van der Waals surface area contributed by atoms with Gasteiger partial charge < -0.3 is 9.32 Å². The van der Waals surface area contributed by atoms with E-state index in [0.29, 0.717) is 12.0 Å². The fraction of sp³-hybridized carbons (Fsp3) is 0.300. The fourth-order valence-electron chi connectivity index (χ4n) is 1.52. The molecule has 2 heterocycles. The molecule has 1 fully saturated rings. The predicted molar refractivity (Wildman–Crippen MR) is 52.7 cm³/mol. The molecule has 1 saturated heterocycles. The molecule has 0 radical (unpaired) electrons. The van der Waals surface area contributed by atoms with Gasteiger partial charge in [0.15, 0.2) is 12.0 Å². The van der Waals surface area contributed by atoms with Crippen LogP contribution in [0.1, 0.15) is 16.3 Å². The molecule has 1 aliphatic heterocycles. The van der Waals surface area contributed by atoms with Crippen LogP contribution in [0.15, 0.2) is 16.5 Å². The van der Waals surface area contributed by atoms with Crippen LogP contribution >= 0.6 is 0 Å². The van der Waals surface area contributed by atoms with Crippen molar-refractivity contribution in [2.45, 2.75) is 6.54 Å². The molecule has 1 aromatic rings. The lowest BCUT2D eigenvalue weighted by Crippen LogP contribution is -2.30. The van der Waals surface area contributed by atoms with Gasteiger partial charge in [-0.2, -0.15) is 0 Å². The molecule has 6 nitrogen and oxygen atoms in total. The van der Waals surface area contributed by atoms with E-state index >= 15 is 0 Å². The molecule has 0 aliphatic carbocycles. The van der Waals surface area contributed by atoms with Crippen LogP contribution in [0.3, 0.4) is 0 Å². The number of aldehydes is 1. The number of carbonyl (C=O) groups excluding carboxylic acids is 3. The summed E-state index contributed by atoms with van der Waals surface area (Å²) in [6.07, 6.45) is 0.573. The zero-order chi connectivity index (χ0) is 11.7. The normalized spacial score (nSPS) is 16.1. The van der Waals surface area contributed by atoms with Crippen LogP contribution in [0.5, 0.6) is 0 Å². The maximum atomic E-state index is 11.5. The Labute approximate surface area is 91.4 Å². The summed E-state index contributed by atoms with van der Waals surface area (Å²) in [4.78, 5) is 35.7. The molecule has 2 rings (SSSR count). The highest BCUT2D eigenvalue weighted by atomic mass is 16.3. The Morgan fingerprint density at radius 1 is 1.44 bits per heavy atom. The Bertz CT molecular complexity index is 451. The van der Waals surface area contributed by atoms with E-state index < -0.39 is 0 Å². The Hall–Kier alpha value is -2.11. The molecule has 1 aromatic heterocycles. The summed E-state index contributed by atoms with van der Waals surface area (Å²) in [6, 6.07) is 2.72. The SMILES string of the molecule is CN1CC(=O)N(Cc2ccc(C=O)o2)C1=O. The summed E-state index contributed by atoms with van der Waals surface area (Å²) < 4.78 is 5.09. The molecule has 16 heavy (non-hydrogen) atoms. The molecule has 3 amide bonds. The Morgan fingerprint density at radius 3 is 2.69 bits per heavy atom. The number of carbonyl (C=O) groups is 3. The zero-order valence-electron chi connectivity index (χ0n) is 8.67. The van der Waals surface area contributed by atoms with Crippen LogP contribution in [-0.2, 0) is 11.3 Å². The van der Waals surface area contributed by atoms with E-state index in [1.54, 1.807) is 13.1 Å². The van der Waals surface area contributed by atoms with Gasteiger partial charge in [0.05, 0.1) is 6.54 Å². The molecule has 0 saturated carbocycles. The van der Waals surface area contributed by atoms with Crippen molar-refractivity contribution in [3.8, 4) is 0 Å². The molecule has 6 heteroatoms. The summed E-state index contributed by atoms with van der Waals surface area (Å²) in [5.41, 5.74) is 0. The van der Waals surface area contributed by atoms with Gasteiger partial charge in [-0.15, -0.1) is 0 Å². The van der Waals surface area contributed by atoms with Crippen molar-refractivity contribution in [3.63, 3.8) is 0 Å². The number of likely N-dealkylation sites (N-methyl/N-ethyl adjacent to an activating group) is 1. The quantitative estimate of drug-likeness (QED) is 0.551. The molecular formula is C10H10N2O4. The first-order valence-corrected chi connectivity index (χ1v) is 4.71. The van der Waals surface area contributed by atoms with Crippen molar-refractivity contribution in [1.29, 1.82) is 0 Å². The van der Waals surface area contributed by atoms with Crippen LogP contribution in [0.2, 0.25) is 0 Å². The van der Waals surface area contributed by atoms with E-state index in [0.717, 1.165) is 4.90 Å². The van der Waals surface area contributed by atoms with Crippen molar-refractivity contribution in [1.82, 2.24) is 9.80 Å². The van der Waals surface area contributed by atoms with Crippen LogP contribution in [0.4, 0.5) is 4.79 Å². The average molecular weight is 222 g/mol. The highest BCUT2D eigenvalue weighted by Gasteiger charge is 2.33. The first-order valence-electron chi connectivity index (χ1n) is 4.71. The van der Waals surface area contributed by atoms with E-state index in [9.17, 15) is 14.4 Å². The molecule has 0 unspecified atom stereocenters. The largest absolute Gasteiger partial charge is 0.456 e. The third-order valence-electron chi connectivity index (χ3n) is 2.34. The standard InChI is InChI=1S/C10H10N2O4/c1-11-5-9(14)12(10(11)15)4-7-2-3-8(6-13)16-7/h2-3,6H,4-5H2,1H3.